The monoisotopic (exact) mass is 336 g/mol. The fourth-order valence-electron chi connectivity index (χ4n) is 2.40. The summed E-state index contributed by atoms with van der Waals surface area (Å²) in [6.45, 7) is 8.38. The van der Waals surface area contributed by atoms with Crippen molar-refractivity contribution in [2.75, 3.05) is 6.54 Å². The number of halogens is 1. The summed E-state index contributed by atoms with van der Waals surface area (Å²) in [5, 5.41) is 2.89. The molecule has 0 saturated heterocycles. The fourth-order valence-corrected chi connectivity index (χ4v) is 2.40. The molecule has 0 bridgehead atoms. The molecule has 0 aromatic heterocycles. The Bertz CT molecular complexity index is 529. The molecule has 0 radical (unpaired) electrons. The molecule has 1 aromatic rings. The second-order valence-corrected chi connectivity index (χ2v) is 6.42. The van der Waals surface area contributed by atoms with E-state index in [0.29, 0.717) is 13.1 Å². The molecule has 5 heteroatoms. The highest BCUT2D eigenvalue weighted by Gasteiger charge is 2.27. The van der Waals surface area contributed by atoms with E-state index in [0.717, 1.165) is 24.8 Å². The van der Waals surface area contributed by atoms with Gasteiger partial charge < -0.3 is 10.2 Å². The highest BCUT2D eigenvalue weighted by molar-refractivity contribution is 5.88. The van der Waals surface area contributed by atoms with Crippen molar-refractivity contribution in [3.63, 3.8) is 0 Å². The van der Waals surface area contributed by atoms with Crippen LogP contribution in [-0.2, 0) is 16.1 Å². The van der Waals surface area contributed by atoms with Crippen molar-refractivity contribution in [1.82, 2.24) is 10.2 Å². The molecule has 2 amide bonds. The molecule has 1 rings (SSSR count). The first-order valence-electron chi connectivity index (χ1n) is 8.69. The first-order chi connectivity index (χ1) is 11.4. The Morgan fingerprint density at radius 3 is 2.29 bits per heavy atom. The maximum Gasteiger partial charge on any atom is 0.242 e. The van der Waals surface area contributed by atoms with Gasteiger partial charge in [0.25, 0.3) is 0 Å². The number of amides is 2. The van der Waals surface area contributed by atoms with E-state index < -0.39 is 6.04 Å². The zero-order valence-electron chi connectivity index (χ0n) is 15.1. The van der Waals surface area contributed by atoms with E-state index in [1.807, 2.05) is 13.8 Å². The van der Waals surface area contributed by atoms with Crippen LogP contribution in [0, 0.1) is 11.7 Å². The molecule has 0 aliphatic rings. The van der Waals surface area contributed by atoms with Crippen LogP contribution in [0.1, 0.15) is 52.5 Å². The Balaban J connectivity index is 2.78. The third kappa shape index (κ3) is 6.30. The van der Waals surface area contributed by atoms with E-state index in [4.69, 9.17) is 0 Å². The largest absolute Gasteiger partial charge is 0.354 e. The van der Waals surface area contributed by atoms with E-state index >= 15 is 0 Å². The molecule has 0 spiro atoms. The number of carbonyl (C=O) groups is 2. The van der Waals surface area contributed by atoms with Gasteiger partial charge in [-0.3, -0.25) is 9.59 Å². The van der Waals surface area contributed by atoms with Gasteiger partial charge in [-0.2, -0.15) is 0 Å². The summed E-state index contributed by atoms with van der Waals surface area (Å²) in [6.07, 6.45) is 3.10. The maximum absolute atomic E-state index is 13.1. The number of nitrogens with zero attached hydrogens (tertiary/aromatic N) is 1. The topological polar surface area (TPSA) is 49.4 Å². The smallest absolute Gasteiger partial charge is 0.242 e. The third-order valence-corrected chi connectivity index (χ3v) is 3.97. The summed E-state index contributed by atoms with van der Waals surface area (Å²) in [7, 11) is 0. The Labute approximate surface area is 144 Å². The van der Waals surface area contributed by atoms with Crippen LogP contribution < -0.4 is 5.32 Å². The molecule has 0 saturated carbocycles. The van der Waals surface area contributed by atoms with Crippen molar-refractivity contribution < 1.29 is 14.0 Å². The third-order valence-electron chi connectivity index (χ3n) is 3.97. The van der Waals surface area contributed by atoms with Crippen LogP contribution in [-0.4, -0.2) is 29.3 Å². The Kier molecular flexibility index (Phi) is 8.44. The van der Waals surface area contributed by atoms with Crippen LogP contribution in [0.15, 0.2) is 24.3 Å². The molecule has 1 unspecified atom stereocenters. The molecule has 134 valence electrons. The van der Waals surface area contributed by atoms with Gasteiger partial charge in [-0.15, -0.1) is 0 Å². The summed E-state index contributed by atoms with van der Waals surface area (Å²) in [4.78, 5) is 26.4. The SMILES string of the molecule is CCCCCNC(=O)C(C)N(Cc1ccc(F)cc1)C(=O)C(C)C. The number of hydrogen-bond acceptors (Lipinski definition) is 2. The predicted octanol–water partition coefficient (Wildman–Crippen LogP) is 3.51. The lowest BCUT2D eigenvalue weighted by Crippen LogP contribution is -2.49. The van der Waals surface area contributed by atoms with Crippen molar-refractivity contribution in [2.45, 2.75) is 59.5 Å². The van der Waals surface area contributed by atoms with Gasteiger partial charge in [0, 0.05) is 19.0 Å². The molecule has 0 aliphatic heterocycles. The average Bonchev–Trinajstić information content (AvgIpc) is 2.56. The fraction of sp³-hybridized carbons (Fsp3) is 0.579. The van der Waals surface area contributed by atoms with Gasteiger partial charge in [-0.05, 0) is 31.0 Å². The van der Waals surface area contributed by atoms with Gasteiger partial charge in [-0.25, -0.2) is 4.39 Å². The summed E-state index contributed by atoms with van der Waals surface area (Å²) in [5.41, 5.74) is 0.802. The molecule has 0 aliphatic carbocycles. The van der Waals surface area contributed by atoms with Gasteiger partial charge in [-0.1, -0.05) is 45.7 Å². The van der Waals surface area contributed by atoms with E-state index in [-0.39, 0.29) is 23.5 Å². The minimum atomic E-state index is -0.563. The summed E-state index contributed by atoms with van der Waals surface area (Å²) < 4.78 is 13.1. The van der Waals surface area contributed by atoms with Gasteiger partial charge >= 0.3 is 0 Å². The predicted molar refractivity (Wildman–Crippen MR) is 93.8 cm³/mol. The molecular weight excluding hydrogens is 307 g/mol. The van der Waals surface area contributed by atoms with Crippen molar-refractivity contribution >= 4 is 11.8 Å². The molecule has 1 atom stereocenters. The van der Waals surface area contributed by atoms with Gasteiger partial charge in [0.05, 0.1) is 0 Å². The first-order valence-corrected chi connectivity index (χ1v) is 8.69. The average molecular weight is 336 g/mol. The minimum absolute atomic E-state index is 0.0875. The van der Waals surface area contributed by atoms with Crippen molar-refractivity contribution in [3.8, 4) is 0 Å². The summed E-state index contributed by atoms with van der Waals surface area (Å²) >= 11 is 0. The van der Waals surface area contributed by atoms with E-state index in [2.05, 4.69) is 12.2 Å². The summed E-state index contributed by atoms with van der Waals surface area (Å²) in [6, 6.07) is 5.45. The first kappa shape index (κ1) is 20.1. The number of benzene rings is 1. The molecule has 1 N–H and O–H groups in total. The molecule has 4 nitrogen and oxygen atoms in total. The molecular formula is C19H29FN2O2. The van der Waals surface area contributed by atoms with Gasteiger partial charge in [0.1, 0.15) is 11.9 Å². The van der Waals surface area contributed by atoms with Crippen LogP contribution in [0.5, 0.6) is 0 Å². The second-order valence-electron chi connectivity index (χ2n) is 6.42. The van der Waals surface area contributed by atoms with Crippen molar-refractivity contribution in [3.05, 3.63) is 35.6 Å². The van der Waals surface area contributed by atoms with E-state index in [1.165, 1.54) is 12.1 Å². The van der Waals surface area contributed by atoms with Gasteiger partial charge in [0.15, 0.2) is 0 Å². The van der Waals surface area contributed by atoms with Crippen molar-refractivity contribution in [2.24, 2.45) is 5.92 Å². The Morgan fingerprint density at radius 2 is 1.75 bits per heavy atom. The zero-order chi connectivity index (χ0) is 18.1. The lowest BCUT2D eigenvalue weighted by molar-refractivity contribution is -0.143. The number of rotatable bonds is 9. The van der Waals surface area contributed by atoms with Crippen LogP contribution in [0.4, 0.5) is 4.39 Å². The highest BCUT2D eigenvalue weighted by Crippen LogP contribution is 2.14. The van der Waals surface area contributed by atoms with Crippen molar-refractivity contribution in [1.29, 1.82) is 0 Å². The van der Waals surface area contributed by atoms with Gasteiger partial charge in [0.2, 0.25) is 11.8 Å². The number of hydrogen-bond donors (Lipinski definition) is 1. The second kappa shape index (κ2) is 10.1. The lowest BCUT2D eigenvalue weighted by Gasteiger charge is -2.30. The molecule has 1 aromatic carbocycles. The Morgan fingerprint density at radius 1 is 1.12 bits per heavy atom. The standard InChI is InChI=1S/C19H29FN2O2/c1-5-6-7-12-21-18(23)15(4)22(19(24)14(2)3)13-16-8-10-17(20)11-9-16/h8-11,14-15H,5-7,12-13H2,1-4H3,(H,21,23). The van der Waals surface area contributed by atoms with Crippen LogP contribution >= 0.6 is 0 Å². The maximum atomic E-state index is 13.1. The van der Waals surface area contributed by atoms with Crippen LogP contribution in [0.3, 0.4) is 0 Å². The minimum Gasteiger partial charge on any atom is -0.354 e. The molecule has 0 fully saturated rings. The van der Waals surface area contributed by atoms with Crippen LogP contribution in [0.2, 0.25) is 0 Å². The number of nitrogens with one attached hydrogen (secondary N) is 1. The lowest BCUT2D eigenvalue weighted by atomic mass is 10.1. The number of carbonyl (C=O) groups excluding carboxylic acids is 2. The highest BCUT2D eigenvalue weighted by atomic mass is 19.1. The van der Waals surface area contributed by atoms with E-state index in [1.54, 1.807) is 24.0 Å². The van der Waals surface area contributed by atoms with E-state index in [9.17, 15) is 14.0 Å². The van der Waals surface area contributed by atoms with Crippen LogP contribution in [0.25, 0.3) is 0 Å². The molecule has 0 heterocycles. The molecule has 24 heavy (non-hydrogen) atoms. The quantitative estimate of drug-likeness (QED) is 0.702. The number of unbranched alkanes of at least 4 members (excludes halogenated alkanes) is 2. The summed E-state index contributed by atoms with van der Waals surface area (Å²) in [5.74, 6) is -0.763. The normalized spacial score (nSPS) is 12.1. The Hall–Kier alpha value is -1.91. The zero-order valence-corrected chi connectivity index (χ0v) is 15.1.